The molecule has 0 fully saturated rings. The van der Waals surface area contributed by atoms with E-state index < -0.39 is 10.0 Å². The number of likely N-dealkylation sites (N-methyl/N-ethyl adjacent to an activating group) is 1. The van der Waals surface area contributed by atoms with Crippen LogP contribution in [-0.2, 0) is 19.6 Å². The molecular weight excluding hydrogens is 316 g/mol. The number of carbonyl (C=O) groups excluding carboxylic acids is 1. The van der Waals surface area contributed by atoms with E-state index in [4.69, 9.17) is 4.74 Å². The third-order valence-corrected chi connectivity index (χ3v) is 5.34. The molecule has 1 amide bonds. The number of carbonyl (C=O) groups is 1. The van der Waals surface area contributed by atoms with Crippen LogP contribution in [0.5, 0.6) is 0 Å². The van der Waals surface area contributed by atoms with E-state index in [2.05, 4.69) is 5.32 Å². The van der Waals surface area contributed by atoms with Gasteiger partial charge >= 0.3 is 0 Å². The van der Waals surface area contributed by atoms with Gasteiger partial charge in [-0.1, -0.05) is 12.1 Å². The number of hydrogen-bond acceptors (Lipinski definition) is 4. The first-order chi connectivity index (χ1) is 10.8. The topological polar surface area (TPSA) is 75.7 Å². The van der Waals surface area contributed by atoms with Gasteiger partial charge < -0.3 is 10.1 Å². The number of rotatable bonds is 9. The van der Waals surface area contributed by atoms with E-state index in [1.54, 1.807) is 19.1 Å². The SMILES string of the molecule is CCOCCCNC(=O)CN(C)S(=O)(=O)c1cc(C)ccc1C. The first-order valence-corrected chi connectivity index (χ1v) is 9.11. The Morgan fingerprint density at radius 2 is 2.00 bits per heavy atom. The lowest BCUT2D eigenvalue weighted by Crippen LogP contribution is -2.39. The van der Waals surface area contributed by atoms with Crippen molar-refractivity contribution in [3.63, 3.8) is 0 Å². The Bertz CT molecular complexity index is 629. The molecule has 0 heterocycles. The Kier molecular flexibility index (Phi) is 7.67. The van der Waals surface area contributed by atoms with Crippen molar-refractivity contribution in [3.8, 4) is 0 Å². The van der Waals surface area contributed by atoms with Crippen LogP contribution in [0.15, 0.2) is 23.1 Å². The van der Waals surface area contributed by atoms with Crippen LogP contribution in [0.1, 0.15) is 24.5 Å². The molecule has 1 aromatic carbocycles. The van der Waals surface area contributed by atoms with Crippen molar-refractivity contribution >= 4 is 15.9 Å². The van der Waals surface area contributed by atoms with Gasteiger partial charge in [-0.15, -0.1) is 0 Å². The number of hydrogen-bond donors (Lipinski definition) is 1. The van der Waals surface area contributed by atoms with Crippen molar-refractivity contribution in [2.75, 3.05) is 33.4 Å². The van der Waals surface area contributed by atoms with Crippen molar-refractivity contribution in [3.05, 3.63) is 29.3 Å². The number of sulfonamides is 1. The summed E-state index contributed by atoms with van der Waals surface area (Å²) in [5, 5.41) is 2.70. The van der Waals surface area contributed by atoms with Gasteiger partial charge in [-0.2, -0.15) is 4.31 Å². The van der Waals surface area contributed by atoms with Crippen LogP contribution < -0.4 is 5.32 Å². The maximum Gasteiger partial charge on any atom is 0.243 e. The van der Waals surface area contributed by atoms with E-state index in [1.165, 1.54) is 7.05 Å². The van der Waals surface area contributed by atoms with Crippen LogP contribution in [0, 0.1) is 13.8 Å². The average Bonchev–Trinajstić information content (AvgIpc) is 2.49. The smallest absolute Gasteiger partial charge is 0.243 e. The van der Waals surface area contributed by atoms with Crippen LogP contribution in [-0.4, -0.2) is 52.0 Å². The van der Waals surface area contributed by atoms with E-state index in [1.807, 2.05) is 19.9 Å². The summed E-state index contributed by atoms with van der Waals surface area (Å²) in [4.78, 5) is 12.1. The van der Waals surface area contributed by atoms with Crippen molar-refractivity contribution in [2.45, 2.75) is 32.1 Å². The Balaban J connectivity index is 2.63. The monoisotopic (exact) mass is 342 g/mol. The lowest BCUT2D eigenvalue weighted by Gasteiger charge is -2.18. The highest BCUT2D eigenvalue weighted by molar-refractivity contribution is 7.89. The Hall–Kier alpha value is -1.44. The second-order valence-corrected chi connectivity index (χ2v) is 7.44. The zero-order valence-electron chi connectivity index (χ0n) is 14.3. The first-order valence-electron chi connectivity index (χ1n) is 7.67. The van der Waals surface area contributed by atoms with Gasteiger partial charge in [-0.25, -0.2) is 8.42 Å². The lowest BCUT2D eigenvalue weighted by atomic mass is 10.2. The standard InChI is InChI=1S/C16H26N2O4S/c1-5-22-10-6-9-17-16(19)12-18(4)23(20,21)15-11-13(2)7-8-14(15)3/h7-8,11H,5-6,9-10,12H2,1-4H3,(H,17,19). The summed E-state index contributed by atoms with van der Waals surface area (Å²) in [6.45, 7) is 6.97. The van der Waals surface area contributed by atoms with Gasteiger partial charge in [-0.3, -0.25) is 4.79 Å². The molecule has 0 aliphatic heterocycles. The van der Waals surface area contributed by atoms with Crippen molar-refractivity contribution in [1.82, 2.24) is 9.62 Å². The molecule has 0 saturated heterocycles. The van der Waals surface area contributed by atoms with E-state index in [0.29, 0.717) is 31.7 Å². The maximum atomic E-state index is 12.6. The number of nitrogens with zero attached hydrogens (tertiary/aromatic N) is 1. The summed E-state index contributed by atoms with van der Waals surface area (Å²) in [5.74, 6) is -0.321. The predicted molar refractivity (Wildman–Crippen MR) is 89.9 cm³/mol. The molecule has 0 aromatic heterocycles. The normalized spacial score (nSPS) is 11.7. The van der Waals surface area contributed by atoms with Crippen molar-refractivity contribution < 1.29 is 17.9 Å². The van der Waals surface area contributed by atoms with E-state index >= 15 is 0 Å². The molecule has 0 spiro atoms. The molecule has 23 heavy (non-hydrogen) atoms. The van der Waals surface area contributed by atoms with Crippen molar-refractivity contribution in [2.24, 2.45) is 0 Å². The lowest BCUT2D eigenvalue weighted by molar-refractivity contribution is -0.121. The fourth-order valence-corrected chi connectivity index (χ4v) is 3.48. The van der Waals surface area contributed by atoms with Gasteiger partial charge in [0.15, 0.2) is 0 Å². The Morgan fingerprint density at radius 1 is 1.30 bits per heavy atom. The number of ether oxygens (including phenoxy) is 1. The summed E-state index contributed by atoms with van der Waals surface area (Å²) in [6.07, 6.45) is 0.701. The zero-order chi connectivity index (χ0) is 17.5. The molecule has 130 valence electrons. The van der Waals surface area contributed by atoms with E-state index in [9.17, 15) is 13.2 Å². The first kappa shape index (κ1) is 19.6. The summed E-state index contributed by atoms with van der Waals surface area (Å²) < 4.78 is 31.4. The minimum Gasteiger partial charge on any atom is -0.382 e. The third kappa shape index (κ3) is 5.93. The molecule has 1 aromatic rings. The van der Waals surface area contributed by atoms with Crippen LogP contribution in [0.25, 0.3) is 0 Å². The van der Waals surface area contributed by atoms with Gasteiger partial charge in [0.2, 0.25) is 15.9 Å². The highest BCUT2D eigenvalue weighted by Crippen LogP contribution is 2.20. The molecule has 0 aliphatic carbocycles. The number of nitrogens with one attached hydrogen (secondary N) is 1. The van der Waals surface area contributed by atoms with Crippen LogP contribution in [0.2, 0.25) is 0 Å². The molecule has 0 saturated carbocycles. The minimum absolute atomic E-state index is 0.204. The molecule has 0 aliphatic rings. The number of benzene rings is 1. The van der Waals surface area contributed by atoms with E-state index in [-0.39, 0.29) is 17.3 Å². The second-order valence-electron chi connectivity index (χ2n) is 5.43. The quantitative estimate of drug-likeness (QED) is 0.690. The highest BCUT2D eigenvalue weighted by Gasteiger charge is 2.24. The summed E-state index contributed by atoms with van der Waals surface area (Å²) >= 11 is 0. The number of aryl methyl sites for hydroxylation is 2. The Labute approximate surface area is 138 Å². The number of amides is 1. The van der Waals surface area contributed by atoms with Crippen LogP contribution in [0.4, 0.5) is 0 Å². The second kappa shape index (κ2) is 9.00. The average molecular weight is 342 g/mol. The molecule has 0 radical (unpaired) electrons. The molecule has 0 unspecified atom stereocenters. The predicted octanol–water partition coefficient (Wildman–Crippen LogP) is 1.47. The van der Waals surface area contributed by atoms with E-state index in [0.717, 1.165) is 9.87 Å². The molecule has 6 nitrogen and oxygen atoms in total. The van der Waals surface area contributed by atoms with Gasteiger partial charge in [0.05, 0.1) is 11.4 Å². The zero-order valence-corrected chi connectivity index (χ0v) is 15.1. The summed E-state index contributed by atoms with van der Waals surface area (Å²) in [6, 6.07) is 5.25. The molecule has 1 N–H and O–H groups in total. The van der Waals surface area contributed by atoms with Crippen LogP contribution >= 0.6 is 0 Å². The van der Waals surface area contributed by atoms with Crippen molar-refractivity contribution in [1.29, 1.82) is 0 Å². The minimum atomic E-state index is -3.68. The van der Waals surface area contributed by atoms with Gasteiger partial charge in [0.25, 0.3) is 0 Å². The molecule has 0 atom stereocenters. The molecule has 7 heteroatoms. The van der Waals surface area contributed by atoms with Gasteiger partial charge in [0.1, 0.15) is 0 Å². The highest BCUT2D eigenvalue weighted by atomic mass is 32.2. The Morgan fingerprint density at radius 3 is 2.65 bits per heavy atom. The molecule has 1 rings (SSSR count). The largest absolute Gasteiger partial charge is 0.382 e. The van der Waals surface area contributed by atoms with Gasteiger partial charge in [-0.05, 0) is 44.4 Å². The molecular formula is C16H26N2O4S. The fourth-order valence-electron chi connectivity index (χ4n) is 2.04. The van der Waals surface area contributed by atoms with Crippen LogP contribution in [0.3, 0.4) is 0 Å². The third-order valence-electron chi connectivity index (χ3n) is 3.39. The summed E-state index contributed by atoms with van der Waals surface area (Å²) in [5.41, 5.74) is 1.53. The fraction of sp³-hybridized carbons (Fsp3) is 0.562. The van der Waals surface area contributed by atoms with Gasteiger partial charge in [0, 0.05) is 26.8 Å². The summed E-state index contributed by atoms with van der Waals surface area (Å²) in [7, 11) is -2.27. The molecule has 0 bridgehead atoms. The maximum absolute atomic E-state index is 12.6.